The molecule has 0 saturated heterocycles. The molecule has 16 heteroatoms. The summed E-state index contributed by atoms with van der Waals surface area (Å²) < 4.78 is 49.9. The first-order chi connectivity index (χ1) is 22.7. The summed E-state index contributed by atoms with van der Waals surface area (Å²) in [5.74, 6) is -1.11. The van der Waals surface area contributed by atoms with Gasteiger partial charge in [-0.05, 0) is 54.2 Å². The third-order valence-electron chi connectivity index (χ3n) is 7.53. The minimum absolute atomic E-state index is 0. The number of unbranched alkanes of at least 4 members (excludes halogenated alkanes) is 1. The Kier molecular flexibility index (Phi) is 17.4. The topological polar surface area (TPSA) is 198 Å². The summed E-state index contributed by atoms with van der Waals surface area (Å²) in [6.45, 7) is 3.37. The fourth-order valence-corrected chi connectivity index (χ4v) is 7.45. The van der Waals surface area contributed by atoms with Crippen LogP contribution in [0.5, 0.6) is 0 Å². The number of alkyl carbamates (subject to hydrolysis) is 1. The largest absolute Gasteiger partial charge is 0.469 e. The number of benzene rings is 3. The first kappa shape index (κ1) is 42.4. The van der Waals surface area contributed by atoms with E-state index >= 15 is 0 Å². The number of sulfonamides is 1. The minimum atomic E-state index is -4.91. The molecule has 0 saturated carbocycles. The van der Waals surface area contributed by atoms with Gasteiger partial charge >= 0.3 is 13.9 Å². The normalized spacial score (nSPS) is 13.1. The fourth-order valence-electron chi connectivity index (χ4n) is 5.28. The molecule has 0 aliphatic heterocycles. The third-order valence-corrected chi connectivity index (χ3v) is 9.95. The van der Waals surface area contributed by atoms with E-state index in [0.29, 0.717) is 18.5 Å². The molecule has 0 aliphatic rings. The molecule has 1 radical (unpaired) electrons. The molecule has 0 fully saturated rings. The zero-order valence-electron chi connectivity index (χ0n) is 28.3. The van der Waals surface area contributed by atoms with E-state index in [1.165, 1.54) is 35.7 Å². The maximum atomic E-state index is 13.7. The quantitative estimate of drug-likeness (QED) is 0.0556. The Hall–Kier alpha value is -2.78. The van der Waals surface area contributed by atoms with Crippen LogP contribution in [0.1, 0.15) is 50.2 Å². The smallest absolute Gasteiger partial charge is 0.453 e. The number of ether oxygens (including phenoxy) is 1. The van der Waals surface area contributed by atoms with Crippen molar-refractivity contribution in [3.05, 3.63) is 96.1 Å². The number of nitrogens with zero attached hydrogens (tertiary/aromatic N) is 1. The van der Waals surface area contributed by atoms with E-state index in [1.54, 1.807) is 0 Å². The van der Waals surface area contributed by atoms with Crippen LogP contribution in [-0.2, 0) is 28.6 Å². The molecule has 263 valence electrons. The molecule has 2 amide bonds. The Morgan fingerprint density at radius 2 is 1.47 bits per heavy atom. The van der Waals surface area contributed by atoms with Crippen LogP contribution in [0.3, 0.4) is 0 Å². The van der Waals surface area contributed by atoms with Crippen LogP contribution in [0.2, 0.25) is 0 Å². The monoisotopic (exact) mass is 727 g/mol. The number of methoxy groups -OCH3 is 1. The van der Waals surface area contributed by atoms with Gasteiger partial charge in [-0.15, -0.1) is 0 Å². The standard InChI is InChI=1S/C33H45N4O9PS.Na/c1-24(2)22-37(48(43,44)29-19-17-27(34)18-20-29)28(23-46-47(40,41)42)16-10-11-21-35-32(38)31(36-33(39)45-3)30(25-12-6-4-7-13-25)26-14-8-5-9-15-26;/h4-9,12-15,17-20,24,28,30-31H,10-11,16,21-23,34H2,1-3H3,(H,35,38)(H,36,39)(H2,40,41,42);/t28-,31-;/m0./s1. The second-order valence-electron chi connectivity index (χ2n) is 11.7. The Morgan fingerprint density at radius 1 is 0.918 bits per heavy atom. The molecule has 0 heterocycles. The van der Waals surface area contributed by atoms with Crippen LogP contribution < -0.4 is 16.4 Å². The van der Waals surface area contributed by atoms with Gasteiger partial charge in [0.05, 0.1) is 18.6 Å². The first-order valence-corrected chi connectivity index (χ1v) is 18.5. The molecule has 3 aromatic carbocycles. The van der Waals surface area contributed by atoms with Crippen molar-refractivity contribution < 1.29 is 41.6 Å². The van der Waals surface area contributed by atoms with Crippen LogP contribution in [0.15, 0.2) is 89.8 Å². The van der Waals surface area contributed by atoms with Gasteiger partial charge in [0, 0.05) is 60.3 Å². The molecule has 13 nitrogen and oxygen atoms in total. The van der Waals surface area contributed by atoms with Crippen LogP contribution in [0, 0.1) is 5.92 Å². The molecule has 0 aromatic heterocycles. The van der Waals surface area contributed by atoms with Gasteiger partial charge in [0.25, 0.3) is 0 Å². The molecule has 0 bridgehead atoms. The number of hydrogen-bond acceptors (Lipinski definition) is 8. The number of hydrogen-bond donors (Lipinski definition) is 5. The molecule has 0 aliphatic carbocycles. The van der Waals surface area contributed by atoms with Crippen molar-refractivity contribution in [3.63, 3.8) is 0 Å². The van der Waals surface area contributed by atoms with Crippen LogP contribution in [0.4, 0.5) is 10.5 Å². The van der Waals surface area contributed by atoms with Crippen molar-refractivity contribution in [1.29, 1.82) is 0 Å². The first-order valence-electron chi connectivity index (χ1n) is 15.5. The van der Waals surface area contributed by atoms with Crippen molar-refractivity contribution in [2.24, 2.45) is 5.92 Å². The van der Waals surface area contributed by atoms with Gasteiger partial charge in [0.2, 0.25) is 15.9 Å². The number of rotatable bonds is 18. The van der Waals surface area contributed by atoms with E-state index in [4.69, 9.17) is 15.0 Å². The number of phosphoric acid groups is 1. The maximum Gasteiger partial charge on any atom is 0.469 e. The summed E-state index contributed by atoms with van der Waals surface area (Å²) in [5.41, 5.74) is 7.75. The van der Waals surface area contributed by atoms with Gasteiger partial charge in [-0.25, -0.2) is 17.8 Å². The van der Waals surface area contributed by atoms with Gasteiger partial charge in [0.15, 0.2) is 0 Å². The van der Waals surface area contributed by atoms with Crippen LogP contribution in [0.25, 0.3) is 0 Å². The van der Waals surface area contributed by atoms with Crippen molar-refractivity contribution >= 4 is 65.1 Å². The van der Waals surface area contributed by atoms with E-state index in [-0.39, 0.29) is 59.9 Å². The van der Waals surface area contributed by atoms with E-state index in [0.717, 1.165) is 11.1 Å². The second kappa shape index (κ2) is 20.2. The van der Waals surface area contributed by atoms with Crippen molar-refractivity contribution in [2.45, 2.75) is 56.0 Å². The van der Waals surface area contributed by atoms with Crippen LogP contribution >= 0.6 is 7.82 Å². The van der Waals surface area contributed by atoms with E-state index in [1.807, 2.05) is 74.5 Å². The Labute approximate surface area is 310 Å². The van der Waals surface area contributed by atoms with Gasteiger partial charge in [-0.2, -0.15) is 4.31 Å². The summed E-state index contributed by atoms with van der Waals surface area (Å²) in [6.07, 6.45) is 0.170. The third kappa shape index (κ3) is 13.5. The maximum absolute atomic E-state index is 13.7. The molecule has 6 N–H and O–H groups in total. The summed E-state index contributed by atoms with van der Waals surface area (Å²) in [5, 5.41) is 5.55. The molecule has 3 aromatic rings. The molecule has 3 rings (SSSR count). The molecular formula is C33H45N4NaO9PS. The SMILES string of the molecule is COC(=O)N[C@H](C(=O)NCCCC[C@@H](COP(=O)(O)O)N(CC(C)C)S(=O)(=O)c1ccc(N)cc1)C(c1ccccc1)c1ccccc1.[Na]. The van der Waals surface area contributed by atoms with Crippen molar-refractivity contribution in [1.82, 2.24) is 14.9 Å². The van der Waals surface area contributed by atoms with Gasteiger partial charge in [-0.3, -0.25) is 9.32 Å². The number of anilines is 1. The molecule has 0 spiro atoms. The van der Waals surface area contributed by atoms with E-state index in [9.17, 15) is 32.4 Å². The summed E-state index contributed by atoms with van der Waals surface area (Å²) >= 11 is 0. The molecule has 49 heavy (non-hydrogen) atoms. The number of carbonyl (C=O) groups is 2. The van der Waals surface area contributed by atoms with Crippen LogP contribution in [-0.4, -0.2) is 103 Å². The number of nitrogens with one attached hydrogen (secondary N) is 2. The van der Waals surface area contributed by atoms with Gasteiger partial charge < -0.3 is 30.9 Å². The van der Waals surface area contributed by atoms with Gasteiger partial charge in [-0.1, -0.05) is 80.9 Å². The Bertz CT molecular complexity index is 1570. The zero-order chi connectivity index (χ0) is 35.3. The summed E-state index contributed by atoms with van der Waals surface area (Å²) in [4.78, 5) is 44.8. The molecule has 0 unspecified atom stereocenters. The predicted molar refractivity (Wildman–Crippen MR) is 188 cm³/mol. The zero-order valence-corrected chi connectivity index (χ0v) is 32.0. The average molecular weight is 728 g/mol. The second-order valence-corrected chi connectivity index (χ2v) is 14.8. The van der Waals surface area contributed by atoms with Crippen molar-refractivity contribution in [2.75, 3.05) is 32.5 Å². The number of nitrogen functional groups attached to an aromatic ring is 1. The van der Waals surface area contributed by atoms with E-state index < -0.39 is 54.5 Å². The minimum Gasteiger partial charge on any atom is -0.453 e. The number of amides is 2. The molecule has 2 atom stereocenters. The van der Waals surface area contributed by atoms with Gasteiger partial charge in [0.1, 0.15) is 6.04 Å². The number of carbonyl (C=O) groups excluding carboxylic acids is 2. The van der Waals surface area contributed by atoms with E-state index in [2.05, 4.69) is 10.6 Å². The Balaban J connectivity index is 0.00000833. The van der Waals surface area contributed by atoms with Crippen molar-refractivity contribution in [3.8, 4) is 0 Å². The summed E-state index contributed by atoms with van der Waals surface area (Å²) in [7, 11) is -7.79. The molecular weight excluding hydrogens is 682 g/mol. The number of phosphoric ester groups is 1. The predicted octanol–water partition coefficient (Wildman–Crippen LogP) is 3.86. The average Bonchev–Trinajstić information content (AvgIpc) is 3.05. The number of nitrogens with two attached hydrogens (primary N) is 1. The summed E-state index contributed by atoms with van der Waals surface area (Å²) in [6, 6.07) is 22.3. The fraction of sp³-hybridized carbons (Fsp3) is 0.394. The Morgan fingerprint density at radius 3 is 1.96 bits per heavy atom.